The Morgan fingerprint density at radius 2 is 1.95 bits per heavy atom. The highest BCUT2D eigenvalue weighted by molar-refractivity contribution is 5.78. The van der Waals surface area contributed by atoms with Crippen LogP contribution in [0.1, 0.15) is 45.7 Å². The van der Waals surface area contributed by atoms with Gasteiger partial charge in [-0.15, -0.1) is 0 Å². The fourth-order valence-corrected chi connectivity index (χ4v) is 2.98. The van der Waals surface area contributed by atoms with Crippen molar-refractivity contribution in [2.75, 3.05) is 0 Å². The molecule has 0 aromatic heterocycles. The average Bonchev–Trinajstić information content (AvgIpc) is 2.96. The zero-order valence-corrected chi connectivity index (χ0v) is 13.8. The molecule has 1 aromatic rings. The third-order valence-electron chi connectivity index (χ3n) is 4.46. The Bertz CT molecular complexity index is 550. The van der Waals surface area contributed by atoms with Gasteiger partial charge < -0.3 is 4.74 Å². The van der Waals surface area contributed by atoms with E-state index in [1.54, 1.807) is 0 Å². The average molecular weight is 286 g/mol. The van der Waals surface area contributed by atoms with E-state index >= 15 is 0 Å². The SMILES string of the molecule is CCc1cccc(COC(=O)[C@@H]2[C@@H](C=C(C)C)C2(C)C)c1. The molecule has 1 aliphatic carbocycles. The lowest BCUT2D eigenvalue weighted by Gasteiger charge is -2.07. The Labute approximate surface area is 128 Å². The van der Waals surface area contributed by atoms with Crippen LogP contribution in [0.2, 0.25) is 0 Å². The molecule has 0 saturated heterocycles. The van der Waals surface area contributed by atoms with Gasteiger partial charge in [0.2, 0.25) is 0 Å². The molecule has 1 saturated carbocycles. The molecular formula is C19H26O2. The topological polar surface area (TPSA) is 26.3 Å². The molecule has 1 aliphatic rings. The largest absolute Gasteiger partial charge is 0.461 e. The van der Waals surface area contributed by atoms with Gasteiger partial charge in [-0.1, -0.05) is 56.7 Å². The number of hydrogen-bond acceptors (Lipinski definition) is 2. The quantitative estimate of drug-likeness (QED) is 0.587. The van der Waals surface area contributed by atoms with E-state index in [-0.39, 0.29) is 17.3 Å². The first-order valence-corrected chi connectivity index (χ1v) is 7.75. The summed E-state index contributed by atoms with van der Waals surface area (Å²) in [6, 6.07) is 8.24. The van der Waals surface area contributed by atoms with E-state index in [0.717, 1.165) is 12.0 Å². The molecule has 0 bridgehead atoms. The number of esters is 1. The van der Waals surface area contributed by atoms with Gasteiger partial charge in [-0.2, -0.15) is 0 Å². The smallest absolute Gasteiger partial charge is 0.310 e. The summed E-state index contributed by atoms with van der Waals surface area (Å²) < 4.78 is 5.53. The number of rotatable bonds is 5. The van der Waals surface area contributed by atoms with Gasteiger partial charge in [-0.25, -0.2) is 0 Å². The van der Waals surface area contributed by atoms with E-state index in [2.05, 4.69) is 52.8 Å². The molecule has 2 atom stereocenters. The molecule has 1 aromatic carbocycles. The van der Waals surface area contributed by atoms with Gasteiger partial charge in [0.1, 0.15) is 6.61 Å². The highest BCUT2D eigenvalue weighted by atomic mass is 16.5. The monoisotopic (exact) mass is 286 g/mol. The van der Waals surface area contributed by atoms with E-state index in [1.165, 1.54) is 11.1 Å². The number of ether oxygens (including phenoxy) is 1. The highest BCUT2D eigenvalue weighted by Gasteiger charge is 2.61. The van der Waals surface area contributed by atoms with E-state index in [1.807, 2.05) is 12.1 Å². The normalized spacial score (nSPS) is 22.5. The zero-order valence-electron chi connectivity index (χ0n) is 13.8. The van der Waals surface area contributed by atoms with Crippen LogP contribution in [0, 0.1) is 17.3 Å². The number of benzene rings is 1. The lowest BCUT2D eigenvalue weighted by molar-refractivity contribution is -0.147. The van der Waals surface area contributed by atoms with Crippen molar-refractivity contribution in [2.24, 2.45) is 17.3 Å². The van der Waals surface area contributed by atoms with Crippen LogP contribution in [0.3, 0.4) is 0 Å². The van der Waals surface area contributed by atoms with Crippen molar-refractivity contribution in [3.05, 3.63) is 47.0 Å². The van der Waals surface area contributed by atoms with Crippen LogP contribution in [0.5, 0.6) is 0 Å². The third kappa shape index (κ3) is 3.55. The van der Waals surface area contributed by atoms with E-state index in [0.29, 0.717) is 12.5 Å². The van der Waals surface area contributed by atoms with Crippen LogP contribution in [0.15, 0.2) is 35.9 Å². The van der Waals surface area contributed by atoms with Gasteiger partial charge in [0.15, 0.2) is 0 Å². The lowest BCUT2D eigenvalue weighted by atomic mass is 10.1. The molecule has 0 aliphatic heterocycles. The summed E-state index contributed by atoms with van der Waals surface area (Å²) in [6.07, 6.45) is 3.20. The van der Waals surface area contributed by atoms with Crippen LogP contribution >= 0.6 is 0 Å². The van der Waals surface area contributed by atoms with E-state index in [4.69, 9.17) is 4.74 Å². The summed E-state index contributed by atoms with van der Waals surface area (Å²) in [5, 5.41) is 0. The Morgan fingerprint density at radius 3 is 2.57 bits per heavy atom. The van der Waals surface area contributed by atoms with Gasteiger partial charge >= 0.3 is 5.97 Å². The molecule has 0 spiro atoms. The standard InChI is InChI=1S/C19H26O2/c1-6-14-8-7-9-15(11-14)12-21-18(20)17-16(10-13(2)3)19(17,4)5/h7-11,16-17H,6,12H2,1-5H3/t16-,17+/m1/s1. The number of carbonyl (C=O) groups excluding carboxylic acids is 1. The molecule has 2 heteroatoms. The van der Waals surface area contributed by atoms with E-state index in [9.17, 15) is 4.79 Å². The lowest BCUT2D eigenvalue weighted by Crippen LogP contribution is -2.10. The van der Waals surface area contributed by atoms with Crippen molar-refractivity contribution < 1.29 is 9.53 Å². The highest BCUT2D eigenvalue weighted by Crippen LogP contribution is 2.59. The van der Waals surface area contributed by atoms with Gasteiger partial charge in [-0.05, 0) is 42.7 Å². The molecule has 2 nitrogen and oxygen atoms in total. The minimum Gasteiger partial charge on any atom is -0.461 e. The first kappa shape index (κ1) is 15.8. The van der Waals surface area contributed by atoms with Gasteiger partial charge in [0, 0.05) is 0 Å². The van der Waals surface area contributed by atoms with E-state index < -0.39 is 0 Å². The van der Waals surface area contributed by atoms with Crippen molar-refractivity contribution in [1.29, 1.82) is 0 Å². The predicted molar refractivity (Wildman–Crippen MR) is 85.8 cm³/mol. The second-order valence-electron chi connectivity index (χ2n) is 6.85. The summed E-state index contributed by atoms with van der Waals surface area (Å²) in [7, 11) is 0. The molecule has 21 heavy (non-hydrogen) atoms. The van der Waals surface area contributed by atoms with Gasteiger partial charge in [0.25, 0.3) is 0 Å². The zero-order chi connectivity index (χ0) is 15.6. The van der Waals surface area contributed by atoms with Crippen molar-refractivity contribution in [3.63, 3.8) is 0 Å². The molecular weight excluding hydrogens is 260 g/mol. The maximum absolute atomic E-state index is 12.3. The molecule has 1 fully saturated rings. The number of aryl methyl sites for hydroxylation is 1. The number of allylic oxidation sites excluding steroid dienone is 2. The van der Waals surface area contributed by atoms with Crippen molar-refractivity contribution >= 4 is 5.97 Å². The summed E-state index contributed by atoms with van der Waals surface area (Å²) in [6.45, 7) is 10.9. The summed E-state index contributed by atoms with van der Waals surface area (Å²) in [5.74, 6) is 0.253. The summed E-state index contributed by atoms with van der Waals surface area (Å²) in [4.78, 5) is 12.3. The first-order chi connectivity index (χ1) is 9.86. The molecule has 0 N–H and O–H groups in total. The third-order valence-corrected chi connectivity index (χ3v) is 4.46. The Hall–Kier alpha value is -1.57. The molecule has 0 radical (unpaired) electrons. The Kier molecular flexibility index (Phi) is 4.55. The second kappa shape index (κ2) is 6.05. The molecule has 114 valence electrons. The predicted octanol–water partition coefficient (Wildman–Crippen LogP) is 4.53. The number of carbonyl (C=O) groups is 1. The van der Waals surface area contributed by atoms with Crippen LogP contribution in [-0.4, -0.2) is 5.97 Å². The molecule has 0 heterocycles. The maximum atomic E-state index is 12.3. The van der Waals surface area contributed by atoms with Gasteiger partial charge in [0.05, 0.1) is 5.92 Å². The van der Waals surface area contributed by atoms with Crippen LogP contribution in [0.25, 0.3) is 0 Å². The van der Waals surface area contributed by atoms with Gasteiger partial charge in [-0.3, -0.25) is 4.79 Å². The van der Waals surface area contributed by atoms with Crippen LogP contribution in [-0.2, 0) is 22.6 Å². The first-order valence-electron chi connectivity index (χ1n) is 7.75. The van der Waals surface area contributed by atoms with Crippen molar-refractivity contribution in [2.45, 2.75) is 47.6 Å². The minimum atomic E-state index is -0.0654. The summed E-state index contributed by atoms with van der Waals surface area (Å²) >= 11 is 0. The molecule has 2 rings (SSSR count). The minimum absolute atomic E-state index is 0.00163. The molecule has 0 amide bonds. The van der Waals surface area contributed by atoms with Crippen molar-refractivity contribution in [3.8, 4) is 0 Å². The fourth-order valence-electron chi connectivity index (χ4n) is 2.98. The Balaban J connectivity index is 1.95. The van der Waals surface area contributed by atoms with Crippen molar-refractivity contribution in [1.82, 2.24) is 0 Å². The number of hydrogen-bond donors (Lipinski definition) is 0. The summed E-state index contributed by atoms with van der Waals surface area (Å²) in [5.41, 5.74) is 3.64. The maximum Gasteiger partial charge on any atom is 0.310 e. The van der Waals surface area contributed by atoms with Crippen LogP contribution in [0.4, 0.5) is 0 Å². The van der Waals surface area contributed by atoms with Crippen LogP contribution < -0.4 is 0 Å². The Morgan fingerprint density at radius 1 is 1.29 bits per heavy atom. The fraction of sp³-hybridized carbons (Fsp3) is 0.526. The second-order valence-corrected chi connectivity index (χ2v) is 6.85. The molecule has 0 unspecified atom stereocenters.